The van der Waals surface area contributed by atoms with Crippen molar-refractivity contribution < 1.29 is 0 Å². The van der Waals surface area contributed by atoms with Gasteiger partial charge in [-0.2, -0.15) is 0 Å². The lowest BCUT2D eigenvalue weighted by atomic mass is 9.91. The van der Waals surface area contributed by atoms with Gasteiger partial charge in [-0.15, -0.1) is 0 Å². The predicted molar refractivity (Wildman–Crippen MR) is 196 cm³/mol. The standard InChI is InChI=1S/C44H44N2/c1-4-5-6-7-8-9-16-44-45-30-43(31-46-44)42-28-40(38-14-10-12-36(25-38)34-21-17-32(2)18-22-34)27-41(29-42)39-15-11-13-37(26-39)35-23-19-33(3)20-24-35/h10-15,17-31H,4-9,16H2,1-3H3. The smallest absolute Gasteiger partial charge is 0.128 e. The molecule has 0 atom stereocenters. The van der Waals surface area contributed by atoms with Crippen molar-refractivity contribution in [1.82, 2.24) is 9.97 Å². The molecule has 0 radical (unpaired) electrons. The maximum atomic E-state index is 4.80. The fraction of sp³-hybridized carbons (Fsp3) is 0.227. The Bertz CT molecular complexity index is 1760. The molecule has 0 aliphatic heterocycles. The van der Waals surface area contributed by atoms with Crippen molar-refractivity contribution in [2.45, 2.75) is 65.7 Å². The highest BCUT2D eigenvalue weighted by molar-refractivity contribution is 5.84. The third kappa shape index (κ3) is 7.87. The summed E-state index contributed by atoms with van der Waals surface area (Å²) in [6.45, 7) is 6.52. The van der Waals surface area contributed by atoms with Gasteiger partial charge in [0.05, 0.1) is 0 Å². The van der Waals surface area contributed by atoms with Gasteiger partial charge in [-0.1, -0.05) is 135 Å². The van der Waals surface area contributed by atoms with Crippen molar-refractivity contribution in [2.75, 3.05) is 0 Å². The highest BCUT2D eigenvalue weighted by Gasteiger charge is 2.11. The molecule has 2 nitrogen and oxygen atoms in total. The van der Waals surface area contributed by atoms with Gasteiger partial charge in [0.1, 0.15) is 5.82 Å². The summed E-state index contributed by atoms with van der Waals surface area (Å²) in [5.41, 5.74) is 14.3. The van der Waals surface area contributed by atoms with Gasteiger partial charge in [0, 0.05) is 24.4 Å². The molecule has 2 heteroatoms. The van der Waals surface area contributed by atoms with Crippen LogP contribution in [0.5, 0.6) is 0 Å². The van der Waals surface area contributed by atoms with Crippen LogP contribution in [0.25, 0.3) is 55.6 Å². The van der Waals surface area contributed by atoms with E-state index in [4.69, 9.17) is 9.97 Å². The fourth-order valence-corrected chi connectivity index (χ4v) is 6.07. The van der Waals surface area contributed by atoms with Crippen LogP contribution in [0.3, 0.4) is 0 Å². The molecule has 0 saturated carbocycles. The molecule has 1 heterocycles. The fourth-order valence-electron chi connectivity index (χ4n) is 6.07. The molecule has 230 valence electrons. The Balaban J connectivity index is 1.35. The van der Waals surface area contributed by atoms with Gasteiger partial charge in [0.2, 0.25) is 0 Å². The van der Waals surface area contributed by atoms with Gasteiger partial charge >= 0.3 is 0 Å². The summed E-state index contributed by atoms with van der Waals surface area (Å²) in [5.74, 6) is 0.937. The first-order chi connectivity index (χ1) is 22.6. The molecule has 0 fully saturated rings. The zero-order valence-corrected chi connectivity index (χ0v) is 27.5. The summed E-state index contributed by atoms with van der Waals surface area (Å²) in [7, 11) is 0. The van der Waals surface area contributed by atoms with E-state index in [9.17, 15) is 0 Å². The Hall–Kier alpha value is -4.82. The summed E-state index contributed by atoms with van der Waals surface area (Å²) in [6, 6.07) is 42.2. The Labute approximate surface area is 275 Å². The molecule has 5 aromatic carbocycles. The molecule has 6 aromatic rings. The first kappa shape index (κ1) is 31.2. The van der Waals surface area contributed by atoms with Crippen molar-refractivity contribution >= 4 is 0 Å². The summed E-state index contributed by atoms with van der Waals surface area (Å²) in [5, 5.41) is 0. The molecule has 0 spiro atoms. The number of unbranched alkanes of at least 4 members (excludes halogenated alkanes) is 5. The predicted octanol–water partition coefficient (Wildman–Crippen LogP) is 12.3. The third-order valence-electron chi connectivity index (χ3n) is 8.89. The maximum absolute atomic E-state index is 4.80. The van der Waals surface area contributed by atoms with Crippen molar-refractivity contribution in [3.05, 3.63) is 145 Å². The molecule has 0 N–H and O–H groups in total. The van der Waals surface area contributed by atoms with Crippen LogP contribution in [0.2, 0.25) is 0 Å². The van der Waals surface area contributed by atoms with E-state index in [1.54, 1.807) is 0 Å². The SMILES string of the molecule is CCCCCCCCc1ncc(-c2cc(-c3cccc(-c4ccc(C)cc4)c3)cc(-c3cccc(-c4ccc(C)cc4)c3)c2)cn1. The van der Waals surface area contributed by atoms with Crippen LogP contribution in [0.4, 0.5) is 0 Å². The number of hydrogen-bond donors (Lipinski definition) is 0. The maximum Gasteiger partial charge on any atom is 0.128 e. The number of rotatable bonds is 12. The minimum absolute atomic E-state index is 0.937. The zero-order chi connectivity index (χ0) is 31.7. The highest BCUT2D eigenvalue weighted by Crippen LogP contribution is 2.35. The van der Waals surface area contributed by atoms with E-state index < -0.39 is 0 Å². The second-order valence-corrected chi connectivity index (χ2v) is 12.6. The lowest BCUT2D eigenvalue weighted by Crippen LogP contribution is -1.96. The third-order valence-corrected chi connectivity index (χ3v) is 8.89. The van der Waals surface area contributed by atoms with E-state index in [2.05, 4.69) is 136 Å². The van der Waals surface area contributed by atoms with Crippen LogP contribution in [-0.2, 0) is 6.42 Å². The first-order valence-corrected chi connectivity index (χ1v) is 16.9. The molecule has 0 amide bonds. The van der Waals surface area contributed by atoms with E-state index in [1.165, 1.54) is 87.7 Å². The highest BCUT2D eigenvalue weighted by atomic mass is 14.9. The van der Waals surface area contributed by atoms with Gasteiger partial charge in [-0.05, 0) is 101 Å². The molecule has 0 bridgehead atoms. The number of aromatic nitrogens is 2. The normalized spacial score (nSPS) is 11.1. The van der Waals surface area contributed by atoms with Crippen LogP contribution in [0.1, 0.15) is 62.4 Å². The Kier molecular flexibility index (Phi) is 10.1. The second-order valence-electron chi connectivity index (χ2n) is 12.6. The Morgan fingerprint density at radius 2 is 0.783 bits per heavy atom. The minimum Gasteiger partial charge on any atom is -0.241 e. The second kappa shape index (κ2) is 15.0. The van der Waals surface area contributed by atoms with Crippen LogP contribution < -0.4 is 0 Å². The van der Waals surface area contributed by atoms with Crippen LogP contribution >= 0.6 is 0 Å². The summed E-state index contributed by atoms with van der Waals surface area (Å²) in [6.07, 6.45) is 12.6. The summed E-state index contributed by atoms with van der Waals surface area (Å²) in [4.78, 5) is 9.61. The van der Waals surface area contributed by atoms with E-state index in [0.29, 0.717) is 0 Å². The van der Waals surface area contributed by atoms with Gasteiger partial charge in [-0.3, -0.25) is 0 Å². The molecular formula is C44H44N2. The van der Waals surface area contributed by atoms with E-state index in [0.717, 1.165) is 29.8 Å². The van der Waals surface area contributed by atoms with E-state index >= 15 is 0 Å². The minimum atomic E-state index is 0.937. The number of hydrogen-bond acceptors (Lipinski definition) is 2. The van der Waals surface area contributed by atoms with Gasteiger partial charge in [0.15, 0.2) is 0 Å². The van der Waals surface area contributed by atoms with Gasteiger partial charge in [0.25, 0.3) is 0 Å². The molecular weight excluding hydrogens is 556 g/mol. The van der Waals surface area contributed by atoms with Gasteiger partial charge in [-0.25, -0.2) is 9.97 Å². The molecule has 0 unspecified atom stereocenters. The summed E-state index contributed by atoms with van der Waals surface area (Å²) < 4.78 is 0. The largest absolute Gasteiger partial charge is 0.241 e. The quantitative estimate of drug-likeness (QED) is 0.131. The number of benzene rings is 5. The van der Waals surface area contributed by atoms with Gasteiger partial charge < -0.3 is 0 Å². The number of aryl methyl sites for hydroxylation is 3. The van der Waals surface area contributed by atoms with Crippen molar-refractivity contribution in [2.24, 2.45) is 0 Å². The average molecular weight is 601 g/mol. The molecule has 1 aromatic heterocycles. The molecule has 0 aliphatic carbocycles. The average Bonchev–Trinajstić information content (AvgIpc) is 3.10. The lowest BCUT2D eigenvalue weighted by molar-refractivity contribution is 0.601. The Morgan fingerprint density at radius 3 is 1.26 bits per heavy atom. The molecule has 0 aliphatic rings. The van der Waals surface area contributed by atoms with E-state index in [-0.39, 0.29) is 0 Å². The summed E-state index contributed by atoms with van der Waals surface area (Å²) >= 11 is 0. The van der Waals surface area contributed by atoms with Crippen molar-refractivity contribution in [3.8, 4) is 55.6 Å². The lowest BCUT2D eigenvalue weighted by Gasteiger charge is -2.13. The monoisotopic (exact) mass is 600 g/mol. The van der Waals surface area contributed by atoms with Crippen LogP contribution in [-0.4, -0.2) is 9.97 Å². The van der Waals surface area contributed by atoms with Crippen LogP contribution in [0.15, 0.2) is 128 Å². The van der Waals surface area contributed by atoms with Crippen molar-refractivity contribution in [1.29, 1.82) is 0 Å². The topological polar surface area (TPSA) is 25.8 Å². The Morgan fingerprint density at radius 1 is 0.391 bits per heavy atom. The zero-order valence-electron chi connectivity index (χ0n) is 27.5. The van der Waals surface area contributed by atoms with E-state index in [1.807, 2.05) is 12.4 Å². The molecule has 46 heavy (non-hydrogen) atoms. The molecule has 0 saturated heterocycles. The first-order valence-electron chi connectivity index (χ1n) is 16.9. The molecule has 6 rings (SSSR count). The van der Waals surface area contributed by atoms with Crippen LogP contribution in [0, 0.1) is 13.8 Å². The number of nitrogens with zero attached hydrogens (tertiary/aromatic N) is 2. The van der Waals surface area contributed by atoms with Crippen molar-refractivity contribution in [3.63, 3.8) is 0 Å².